The molecule has 0 saturated carbocycles. The Morgan fingerprint density at radius 2 is 1.70 bits per heavy atom. The lowest BCUT2D eigenvalue weighted by Gasteiger charge is -2.22. The minimum absolute atomic E-state index is 0.0212. The van der Waals surface area contributed by atoms with Crippen molar-refractivity contribution in [2.45, 2.75) is 45.7 Å². The summed E-state index contributed by atoms with van der Waals surface area (Å²) in [4.78, 5) is 12.5. The van der Waals surface area contributed by atoms with Crippen molar-refractivity contribution in [3.63, 3.8) is 0 Å². The van der Waals surface area contributed by atoms with Crippen molar-refractivity contribution in [2.75, 3.05) is 5.32 Å². The van der Waals surface area contributed by atoms with E-state index < -0.39 is 0 Å². The van der Waals surface area contributed by atoms with Crippen LogP contribution in [0.3, 0.4) is 0 Å². The lowest BCUT2D eigenvalue weighted by atomic mass is 10.0. The fourth-order valence-corrected chi connectivity index (χ4v) is 2.56. The third kappa shape index (κ3) is 5.13. The van der Waals surface area contributed by atoms with Crippen molar-refractivity contribution in [1.29, 1.82) is 0 Å². The molecule has 1 amide bonds. The van der Waals surface area contributed by atoms with E-state index >= 15 is 0 Å². The predicted octanol–water partition coefficient (Wildman–Crippen LogP) is 4.45. The Balaban J connectivity index is 1.99. The largest absolute Gasteiger partial charge is 0.374 e. The molecule has 2 rings (SSSR count). The zero-order valence-corrected chi connectivity index (χ0v) is 14.2. The van der Waals surface area contributed by atoms with Gasteiger partial charge in [-0.25, -0.2) is 0 Å². The third-order valence-corrected chi connectivity index (χ3v) is 3.92. The lowest BCUT2D eigenvalue weighted by Crippen LogP contribution is -2.39. The van der Waals surface area contributed by atoms with E-state index in [2.05, 4.69) is 36.6 Å². The fraction of sp³-hybridized carbons (Fsp3) is 0.350. The van der Waals surface area contributed by atoms with Gasteiger partial charge in [-0.1, -0.05) is 61.4 Å². The number of carbonyl (C=O) groups excluding carboxylic acids is 1. The molecule has 0 fully saturated rings. The number of benzene rings is 2. The van der Waals surface area contributed by atoms with E-state index in [1.165, 1.54) is 5.56 Å². The van der Waals surface area contributed by atoms with Crippen LogP contribution in [0.5, 0.6) is 0 Å². The molecule has 2 N–H and O–H groups in total. The number of anilines is 1. The van der Waals surface area contributed by atoms with Crippen molar-refractivity contribution in [3.05, 3.63) is 65.7 Å². The number of rotatable bonds is 7. The summed E-state index contributed by atoms with van der Waals surface area (Å²) in [6.07, 6.45) is 1.96. The monoisotopic (exact) mass is 310 g/mol. The number of aryl methyl sites for hydroxylation is 1. The highest BCUT2D eigenvalue weighted by atomic mass is 16.2. The van der Waals surface area contributed by atoms with Crippen LogP contribution in [0.15, 0.2) is 54.6 Å². The molecule has 2 atom stereocenters. The minimum atomic E-state index is -0.277. The Labute approximate surface area is 139 Å². The summed E-state index contributed by atoms with van der Waals surface area (Å²) >= 11 is 0. The first-order valence-electron chi connectivity index (χ1n) is 8.28. The van der Waals surface area contributed by atoms with Gasteiger partial charge in [0.05, 0.1) is 6.04 Å². The molecule has 0 radical (unpaired) electrons. The molecule has 0 saturated heterocycles. The molecule has 0 aliphatic heterocycles. The van der Waals surface area contributed by atoms with Crippen LogP contribution in [0.4, 0.5) is 5.69 Å². The van der Waals surface area contributed by atoms with Gasteiger partial charge < -0.3 is 10.6 Å². The standard InChI is InChI=1S/C20H26N2O/c1-4-8-19(17-9-6-5-7-10-17)22-20(23)16(3)21-18-13-11-15(2)12-14-18/h5-7,9-14,16,19,21H,4,8H2,1-3H3,(H,22,23). The highest BCUT2D eigenvalue weighted by molar-refractivity contribution is 5.84. The van der Waals surface area contributed by atoms with Crippen LogP contribution in [0.25, 0.3) is 0 Å². The average Bonchev–Trinajstić information content (AvgIpc) is 2.57. The van der Waals surface area contributed by atoms with E-state index in [-0.39, 0.29) is 18.0 Å². The Kier molecular flexibility index (Phi) is 6.21. The molecular weight excluding hydrogens is 284 g/mol. The molecule has 0 aliphatic carbocycles. The zero-order chi connectivity index (χ0) is 16.7. The molecule has 2 aromatic carbocycles. The quantitative estimate of drug-likeness (QED) is 0.793. The van der Waals surface area contributed by atoms with Crippen LogP contribution < -0.4 is 10.6 Å². The average molecular weight is 310 g/mol. The van der Waals surface area contributed by atoms with Crippen LogP contribution in [0, 0.1) is 6.92 Å². The van der Waals surface area contributed by atoms with Crippen LogP contribution in [-0.4, -0.2) is 11.9 Å². The Bertz CT molecular complexity index is 607. The number of hydrogen-bond acceptors (Lipinski definition) is 2. The van der Waals surface area contributed by atoms with Crippen molar-refractivity contribution < 1.29 is 4.79 Å². The van der Waals surface area contributed by atoms with E-state index in [1.54, 1.807) is 0 Å². The zero-order valence-electron chi connectivity index (χ0n) is 14.2. The van der Waals surface area contributed by atoms with Crippen LogP contribution in [-0.2, 0) is 4.79 Å². The number of carbonyl (C=O) groups is 1. The second-order valence-corrected chi connectivity index (χ2v) is 5.99. The van der Waals surface area contributed by atoms with Gasteiger partial charge in [-0.15, -0.1) is 0 Å². The van der Waals surface area contributed by atoms with E-state index in [0.29, 0.717) is 0 Å². The summed E-state index contributed by atoms with van der Waals surface area (Å²) in [5.41, 5.74) is 3.33. The number of nitrogens with one attached hydrogen (secondary N) is 2. The van der Waals surface area contributed by atoms with Gasteiger partial charge in [0, 0.05) is 5.69 Å². The highest BCUT2D eigenvalue weighted by Crippen LogP contribution is 2.18. The van der Waals surface area contributed by atoms with Gasteiger partial charge in [0.2, 0.25) is 5.91 Å². The maximum absolute atomic E-state index is 12.5. The summed E-state index contributed by atoms with van der Waals surface area (Å²) in [7, 11) is 0. The number of amides is 1. The second-order valence-electron chi connectivity index (χ2n) is 5.99. The molecule has 0 spiro atoms. The summed E-state index contributed by atoms with van der Waals surface area (Å²) < 4.78 is 0. The number of hydrogen-bond donors (Lipinski definition) is 2. The van der Waals surface area contributed by atoms with E-state index in [4.69, 9.17) is 0 Å². The summed E-state index contributed by atoms with van der Waals surface area (Å²) in [6, 6.07) is 18.0. The van der Waals surface area contributed by atoms with E-state index in [0.717, 1.165) is 24.1 Å². The second kappa shape index (κ2) is 8.37. The molecule has 3 nitrogen and oxygen atoms in total. The van der Waals surface area contributed by atoms with Crippen LogP contribution >= 0.6 is 0 Å². The molecule has 2 aromatic rings. The Morgan fingerprint density at radius 3 is 2.30 bits per heavy atom. The predicted molar refractivity (Wildman–Crippen MR) is 96.5 cm³/mol. The Morgan fingerprint density at radius 1 is 1.04 bits per heavy atom. The van der Waals surface area contributed by atoms with E-state index in [9.17, 15) is 4.79 Å². The smallest absolute Gasteiger partial charge is 0.242 e. The van der Waals surface area contributed by atoms with Gasteiger partial charge in [-0.3, -0.25) is 4.79 Å². The SMILES string of the molecule is CCCC(NC(=O)C(C)Nc1ccc(C)cc1)c1ccccc1. The van der Waals surface area contributed by atoms with Gasteiger partial charge in [-0.2, -0.15) is 0 Å². The molecule has 23 heavy (non-hydrogen) atoms. The van der Waals surface area contributed by atoms with Gasteiger partial charge in [0.1, 0.15) is 6.04 Å². The van der Waals surface area contributed by atoms with Gasteiger partial charge in [0.15, 0.2) is 0 Å². The molecular formula is C20H26N2O. The molecule has 0 heterocycles. The molecule has 122 valence electrons. The van der Waals surface area contributed by atoms with Gasteiger partial charge in [0.25, 0.3) is 0 Å². The molecule has 3 heteroatoms. The van der Waals surface area contributed by atoms with Gasteiger partial charge >= 0.3 is 0 Å². The highest BCUT2D eigenvalue weighted by Gasteiger charge is 2.18. The van der Waals surface area contributed by atoms with Crippen molar-refractivity contribution in [1.82, 2.24) is 5.32 Å². The van der Waals surface area contributed by atoms with Crippen molar-refractivity contribution in [3.8, 4) is 0 Å². The summed E-state index contributed by atoms with van der Waals surface area (Å²) in [6.45, 7) is 6.08. The van der Waals surface area contributed by atoms with Crippen LogP contribution in [0.1, 0.15) is 43.9 Å². The first kappa shape index (κ1) is 17.1. The third-order valence-electron chi connectivity index (χ3n) is 3.92. The van der Waals surface area contributed by atoms with Gasteiger partial charge in [-0.05, 0) is 38.0 Å². The first-order valence-corrected chi connectivity index (χ1v) is 8.28. The maximum Gasteiger partial charge on any atom is 0.242 e. The van der Waals surface area contributed by atoms with Crippen molar-refractivity contribution >= 4 is 11.6 Å². The normalized spacial score (nSPS) is 13.2. The summed E-state index contributed by atoms with van der Waals surface area (Å²) in [5.74, 6) is 0.0212. The maximum atomic E-state index is 12.5. The topological polar surface area (TPSA) is 41.1 Å². The molecule has 0 aromatic heterocycles. The lowest BCUT2D eigenvalue weighted by molar-refractivity contribution is -0.122. The summed E-state index contributed by atoms with van der Waals surface area (Å²) in [5, 5.41) is 6.42. The van der Waals surface area contributed by atoms with Crippen molar-refractivity contribution in [2.24, 2.45) is 0 Å². The molecule has 2 unspecified atom stereocenters. The molecule has 0 aliphatic rings. The molecule has 0 bridgehead atoms. The van der Waals surface area contributed by atoms with E-state index in [1.807, 2.05) is 49.4 Å². The Hall–Kier alpha value is -2.29. The van der Waals surface area contributed by atoms with Crippen LogP contribution in [0.2, 0.25) is 0 Å². The fourth-order valence-electron chi connectivity index (χ4n) is 2.56. The first-order chi connectivity index (χ1) is 11.1. The minimum Gasteiger partial charge on any atom is -0.374 e.